The Morgan fingerprint density at radius 1 is 1.50 bits per heavy atom. The molecule has 1 amide bonds. The number of likely N-dealkylation sites (tertiary alicyclic amines) is 1. The van der Waals surface area contributed by atoms with Gasteiger partial charge in [0.15, 0.2) is 0 Å². The molecule has 5 heteroatoms. The Kier molecular flexibility index (Phi) is 3.81. The zero-order valence-corrected chi connectivity index (χ0v) is 13.6. The van der Waals surface area contributed by atoms with E-state index in [9.17, 15) is 4.79 Å². The molecule has 1 N–H and O–H groups in total. The number of nitrogens with one attached hydrogen (secondary N) is 1. The molecule has 1 fully saturated rings. The van der Waals surface area contributed by atoms with E-state index in [1.54, 1.807) is 0 Å². The lowest BCUT2D eigenvalue weighted by atomic mass is 9.79. The van der Waals surface area contributed by atoms with Gasteiger partial charge in [0.25, 0.3) is 0 Å². The minimum Gasteiger partial charge on any atom is -0.371 e. The van der Waals surface area contributed by atoms with E-state index in [1.807, 2.05) is 31.1 Å². The summed E-state index contributed by atoms with van der Waals surface area (Å²) in [6.45, 7) is 5.77. The highest BCUT2D eigenvalue weighted by molar-refractivity contribution is 5.76. The Balaban J connectivity index is 1.99. The molecule has 2 aromatic rings. The molecule has 5 nitrogen and oxygen atoms in total. The van der Waals surface area contributed by atoms with Crippen LogP contribution in [0.2, 0.25) is 0 Å². The van der Waals surface area contributed by atoms with Crippen LogP contribution in [0.4, 0.5) is 5.82 Å². The molecular weight excluding hydrogens is 276 g/mol. The molecule has 0 aromatic carbocycles. The summed E-state index contributed by atoms with van der Waals surface area (Å²) in [7, 11) is 1.90. The molecule has 1 aliphatic rings. The highest BCUT2D eigenvalue weighted by atomic mass is 16.2. The highest BCUT2D eigenvalue weighted by Gasteiger charge is 2.36. The third kappa shape index (κ3) is 2.45. The Labute approximate surface area is 131 Å². The second-order valence-corrected chi connectivity index (χ2v) is 6.36. The molecule has 3 heterocycles. The van der Waals surface area contributed by atoms with Crippen molar-refractivity contribution in [3.63, 3.8) is 0 Å². The third-order valence-electron chi connectivity index (χ3n) is 4.72. The first-order valence-electron chi connectivity index (χ1n) is 8.01. The molecule has 2 aromatic heterocycles. The van der Waals surface area contributed by atoms with E-state index in [4.69, 9.17) is 4.98 Å². The number of piperidine rings is 1. The maximum atomic E-state index is 12.1. The molecule has 1 atom stereocenters. The van der Waals surface area contributed by atoms with E-state index in [0.717, 1.165) is 43.0 Å². The second kappa shape index (κ2) is 5.63. The first-order valence-corrected chi connectivity index (χ1v) is 8.01. The largest absolute Gasteiger partial charge is 0.371 e. The van der Waals surface area contributed by atoms with Gasteiger partial charge in [-0.25, -0.2) is 4.98 Å². The molecule has 1 aliphatic heterocycles. The predicted octanol–water partition coefficient (Wildman–Crippen LogP) is 2.67. The van der Waals surface area contributed by atoms with Crippen LogP contribution in [0.1, 0.15) is 38.8 Å². The fraction of sp³-hybridized carbons (Fsp3) is 0.529. The Morgan fingerprint density at radius 3 is 3.05 bits per heavy atom. The first kappa shape index (κ1) is 14.9. The van der Waals surface area contributed by atoms with Gasteiger partial charge in [0.2, 0.25) is 5.91 Å². The number of amides is 1. The van der Waals surface area contributed by atoms with Gasteiger partial charge in [0.1, 0.15) is 5.82 Å². The molecule has 1 saturated heterocycles. The number of fused-ring (bicyclic) bond motifs is 1. The maximum absolute atomic E-state index is 12.1. The normalized spacial score (nSPS) is 22.0. The standard InChI is InChI=1S/C17H24N4O/c1-4-15(22)21-10-6-8-17(2,12-21)14-11-20-9-5-7-13(20)16(18-3)19-14/h5,7,9,11H,4,6,8,10,12H2,1-3H3,(H,18,19)/t17-/m0/s1. The monoisotopic (exact) mass is 300 g/mol. The van der Waals surface area contributed by atoms with Crippen molar-refractivity contribution in [2.24, 2.45) is 0 Å². The van der Waals surface area contributed by atoms with Crippen LogP contribution < -0.4 is 5.32 Å². The summed E-state index contributed by atoms with van der Waals surface area (Å²) in [5, 5.41) is 3.19. The summed E-state index contributed by atoms with van der Waals surface area (Å²) in [6.07, 6.45) is 6.81. The Hall–Kier alpha value is -2.04. The van der Waals surface area contributed by atoms with Crippen molar-refractivity contribution in [1.82, 2.24) is 14.3 Å². The van der Waals surface area contributed by atoms with Gasteiger partial charge in [-0.2, -0.15) is 0 Å². The average Bonchev–Trinajstić information content (AvgIpc) is 3.01. The zero-order chi connectivity index (χ0) is 15.7. The zero-order valence-electron chi connectivity index (χ0n) is 13.6. The summed E-state index contributed by atoms with van der Waals surface area (Å²) in [5.41, 5.74) is 2.04. The van der Waals surface area contributed by atoms with Crippen molar-refractivity contribution in [3.8, 4) is 0 Å². The van der Waals surface area contributed by atoms with Crippen LogP contribution in [0.3, 0.4) is 0 Å². The molecule has 3 rings (SSSR count). The van der Waals surface area contributed by atoms with Gasteiger partial charge in [-0.3, -0.25) is 4.79 Å². The van der Waals surface area contributed by atoms with Crippen molar-refractivity contribution in [2.75, 3.05) is 25.5 Å². The minimum atomic E-state index is -0.0901. The summed E-state index contributed by atoms with van der Waals surface area (Å²) in [5.74, 6) is 1.13. The average molecular weight is 300 g/mol. The SMILES string of the molecule is CCC(=O)N1CCC[C@](C)(c2cn3cccc3c(NC)n2)C1. The lowest BCUT2D eigenvalue weighted by molar-refractivity contribution is -0.133. The number of nitrogens with zero attached hydrogens (tertiary/aromatic N) is 3. The van der Waals surface area contributed by atoms with Gasteiger partial charge in [0, 0.05) is 44.4 Å². The molecule has 0 aliphatic carbocycles. The molecule has 0 radical (unpaired) electrons. The van der Waals surface area contributed by atoms with E-state index >= 15 is 0 Å². The summed E-state index contributed by atoms with van der Waals surface area (Å²) in [4.78, 5) is 18.9. The highest BCUT2D eigenvalue weighted by Crippen LogP contribution is 2.34. The van der Waals surface area contributed by atoms with E-state index in [0.29, 0.717) is 6.42 Å². The summed E-state index contributed by atoms with van der Waals surface area (Å²) < 4.78 is 2.11. The molecule has 0 unspecified atom stereocenters. The molecule has 0 saturated carbocycles. The molecule has 118 valence electrons. The molecular formula is C17H24N4O. The number of carbonyl (C=O) groups excluding carboxylic acids is 1. The predicted molar refractivity (Wildman–Crippen MR) is 88.2 cm³/mol. The van der Waals surface area contributed by atoms with E-state index in [-0.39, 0.29) is 11.3 Å². The number of rotatable bonds is 3. The van der Waals surface area contributed by atoms with Gasteiger partial charge in [-0.05, 0) is 25.0 Å². The van der Waals surface area contributed by atoms with E-state index in [1.165, 1.54) is 0 Å². The molecule has 22 heavy (non-hydrogen) atoms. The van der Waals surface area contributed by atoms with Gasteiger partial charge in [0.05, 0.1) is 11.2 Å². The van der Waals surface area contributed by atoms with E-state index < -0.39 is 0 Å². The lowest BCUT2D eigenvalue weighted by Crippen LogP contribution is -2.47. The fourth-order valence-corrected chi connectivity index (χ4v) is 3.41. The topological polar surface area (TPSA) is 49.6 Å². The number of anilines is 1. The second-order valence-electron chi connectivity index (χ2n) is 6.36. The van der Waals surface area contributed by atoms with Gasteiger partial charge in [-0.15, -0.1) is 0 Å². The first-order chi connectivity index (χ1) is 10.6. The lowest BCUT2D eigenvalue weighted by Gasteiger charge is -2.40. The fourth-order valence-electron chi connectivity index (χ4n) is 3.41. The molecule has 0 spiro atoms. The van der Waals surface area contributed by atoms with Crippen LogP contribution in [0, 0.1) is 0 Å². The Bertz CT molecular complexity index is 693. The Morgan fingerprint density at radius 2 is 2.32 bits per heavy atom. The van der Waals surface area contributed by atoms with Crippen molar-refractivity contribution in [3.05, 3.63) is 30.2 Å². The number of aromatic nitrogens is 2. The van der Waals surface area contributed by atoms with Crippen LogP contribution in [-0.4, -0.2) is 40.3 Å². The van der Waals surface area contributed by atoms with Gasteiger partial charge < -0.3 is 14.6 Å². The van der Waals surface area contributed by atoms with E-state index in [2.05, 4.69) is 28.9 Å². The van der Waals surface area contributed by atoms with Crippen LogP contribution >= 0.6 is 0 Å². The molecule has 0 bridgehead atoms. The maximum Gasteiger partial charge on any atom is 0.222 e. The van der Waals surface area contributed by atoms with Crippen molar-refractivity contribution >= 4 is 17.2 Å². The van der Waals surface area contributed by atoms with Crippen LogP contribution in [-0.2, 0) is 10.2 Å². The van der Waals surface area contributed by atoms with Gasteiger partial charge in [-0.1, -0.05) is 13.8 Å². The number of hydrogen-bond acceptors (Lipinski definition) is 3. The van der Waals surface area contributed by atoms with Crippen LogP contribution in [0.25, 0.3) is 5.52 Å². The number of carbonyl (C=O) groups is 1. The summed E-state index contributed by atoms with van der Waals surface area (Å²) >= 11 is 0. The number of hydrogen-bond donors (Lipinski definition) is 1. The van der Waals surface area contributed by atoms with Crippen molar-refractivity contribution in [1.29, 1.82) is 0 Å². The smallest absolute Gasteiger partial charge is 0.222 e. The van der Waals surface area contributed by atoms with Crippen LogP contribution in [0.5, 0.6) is 0 Å². The van der Waals surface area contributed by atoms with Crippen molar-refractivity contribution < 1.29 is 4.79 Å². The quantitative estimate of drug-likeness (QED) is 0.948. The minimum absolute atomic E-state index is 0.0901. The van der Waals surface area contributed by atoms with Crippen molar-refractivity contribution in [2.45, 2.75) is 38.5 Å². The summed E-state index contributed by atoms with van der Waals surface area (Å²) in [6, 6.07) is 4.08. The third-order valence-corrected chi connectivity index (χ3v) is 4.72. The van der Waals surface area contributed by atoms with Gasteiger partial charge >= 0.3 is 0 Å². The van der Waals surface area contributed by atoms with Crippen LogP contribution in [0.15, 0.2) is 24.5 Å².